The molecule has 0 aliphatic heterocycles. The van der Waals surface area contributed by atoms with Gasteiger partial charge in [0.05, 0.1) is 11.8 Å². The van der Waals surface area contributed by atoms with Gasteiger partial charge in [0.2, 0.25) is 0 Å². The summed E-state index contributed by atoms with van der Waals surface area (Å²) in [7, 11) is 0. The number of benzene rings is 4. The second-order valence-corrected chi connectivity index (χ2v) is 9.01. The van der Waals surface area contributed by atoms with Crippen molar-refractivity contribution in [2.45, 2.75) is 35.8 Å². The Bertz CT molecular complexity index is 1310. The van der Waals surface area contributed by atoms with E-state index in [0.29, 0.717) is 0 Å². The van der Waals surface area contributed by atoms with Crippen LogP contribution in [0.25, 0.3) is 21.5 Å². The van der Waals surface area contributed by atoms with E-state index in [1.165, 1.54) is 0 Å². The molecule has 2 aliphatic carbocycles. The average molecular weight is 424 g/mol. The van der Waals surface area contributed by atoms with Gasteiger partial charge < -0.3 is 0 Å². The van der Waals surface area contributed by atoms with Crippen LogP contribution >= 0.6 is 0 Å². The van der Waals surface area contributed by atoms with Crippen molar-refractivity contribution in [2.75, 3.05) is 0 Å². The lowest BCUT2D eigenvalue weighted by molar-refractivity contribution is -0.644. The second kappa shape index (κ2) is 6.36. The topological polar surface area (TPSA) is 86.3 Å². The number of fused-ring (bicyclic) bond motifs is 2. The van der Waals surface area contributed by atoms with Crippen LogP contribution in [0.15, 0.2) is 84.9 Å². The lowest BCUT2D eigenvalue weighted by atomic mass is 9.90. The van der Waals surface area contributed by atoms with Gasteiger partial charge >= 0.3 is 0 Å². The molecule has 0 heterocycles. The van der Waals surface area contributed by atoms with Gasteiger partial charge in [-0.3, -0.25) is 20.2 Å². The van der Waals surface area contributed by atoms with Crippen LogP contribution in [0.2, 0.25) is 0 Å². The first-order valence-electron chi connectivity index (χ1n) is 10.7. The third kappa shape index (κ3) is 2.29. The second-order valence-electron chi connectivity index (χ2n) is 9.01. The van der Waals surface area contributed by atoms with Crippen molar-refractivity contribution in [2.24, 2.45) is 0 Å². The highest BCUT2D eigenvalue weighted by atomic mass is 16.7. The van der Waals surface area contributed by atoms with Crippen molar-refractivity contribution >= 4 is 21.5 Å². The predicted octanol–water partition coefficient (Wildman–Crippen LogP) is 5.70. The molecule has 0 bridgehead atoms. The van der Waals surface area contributed by atoms with Gasteiger partial charge in [0.1, 0.15) is 0 Å². The molecule has 6 rings (SSSR count). The van der Waals surface area contributed by atoms with Gasteiger partial charge in [-0.1, -0.05) is 84.9 Å². The van der Waals surface area contributed by atoms with E-state index in [4.69, 9.17) is 0 Å². The SMILES string of the molecule is O=[N+]([O-])[C@@]1([C@]2([N+](=O)[O-])C[C@H]2c2cccc3ccccc23)C[C@H]1c1cccc2ccccc12. The lowest BCUT2D eigenvalue weighted by Crippen LogP contribution is -2.47. The first kappa shape index (κ1) is 18.9. The molecule has 2 aliphatic rings. The molecular formula is C26H20N2O4. The Morgan fingerprint density at radius 3 is 1.38 bits per heavy atom. The monoisotopic (exact) mass is 424 g/mol. The summed E-state index contributed by atoms with van der Waals surface area (Å²) < 4.78 is 0. The Kier molecular flexibility index (Phi) is 3.76. The van der Waals surface area contributed by atoms with Crippen LogP contribution in [0.1, 0.15) is 35.8 Å². The first-order chi connectivity index (χ1) is 15.5. The Balaban J connectivity index is 1.50. The molecule has 0 saturated heterocycles. The molecule has 0 aromatic heterocycles. The Hall–Kier alpha value is -3.80. The molecule has 0 spiro atoms. The number of nitrogens with zero attached hydrogens (tertiary/aromatic N) is 2. The summed E-state index contributed by atoms with van der Waals surface area (Å²) in [6, 6.07) is 27.0. The standard InChI is InChI=1S/C26H20N2O4/c29-27(30)25(15-23(25)21-13-5-9-17-7-1-3-11-19(17)21)26(28(31)32)16-24(26)22-14-6-10-18-8-2-4-12-20(18)22/h1-14,23-24H,15-16H2/t23-,24-,25-,26-/m0/s1. The number of rotatable bonds is 5. The highest BCUT2D eigenvalue weighted by Gasteiger charge is 2.93. The van der Waals surface area contributed by atoms with Crippen LogP contribution in [-0.4, -0.2) is 20.9 Å². The van der Waals surface area contributed by atoms with E-state index in [1.807, 2.05) is 84.9 Å². The molecule has 0 amide bonds. The maximum absolute atomic E-state index is 12.5. The Morgan fingerprint density at radius 1 is 0.594 bits per heavy atom. The van der Waals surface area contributed by atoms with E-state index in [0.717, 1.165) is 32.7 Å². The molecule has 6 heteroatoms. The Morgan fingerprint density at radius 2 is 0.969 bits per heavy atom. The van der Waals surface area contributed by atoms with Crippen molar-refractivity contribution in [1.29, 1.82) is 0 Å². The van der Waals surface area contributed by atoms with Crippen LogP contribution < -0.4 is 0 Å². The smallest absolute Gasteiger partial charge is 0.264 e. The molecule has 4 aromatic carbocycles. The first-order valence-corrected chi connectivity index (χ1v) is 10.7. The normalized spacial score (nSPS) is 28.5. The minimum atomic E-state index is -1.60. The zero-order valence-corrected chi connectivity index (χ0v) is 17.2. The van der Waals surface area contributed by atoms with Crippen molar-refractivity contribution < 1.29 is 9.85 Å². The molecular weight excluding hydrogens is 404 g/mol. The fourth-order valence-corrected chi connectivity index (χ4v) is 6.02. The summed E-state index contributed by atoms with van der Waals surface area (Å²) in [6.45, 7) is 0. The molecule has 4 atom stereocenters. The highest BCUT2D eigenvalue weighted by Crippen LogP contribution is 2.73. The number of nitro groups is 2. The fraction of sp³-hybridized carbons (Fsp3) is 0.231. The van der Waals surface area contributed by atoms with E-state index in [2.05, 4.69) is 0 Å². The van der Waals surface area contributed by atoms with Crippen LogP contribution in [0.4, 0.5) is 0 Å². The molecule has 6 nitrogen and oxygen atoms in total. The summed E-state index contributed by atoms with van der Waals surface area (Å²) in [5, 5.41) is 28.9. The maximum Gasteiger partial charge on any atom is 0.299 e. The summed E-state index contributed by atoms with van der Waals surface area (Å²) in [4.78, 5) is 24.4. The van der Waals surface area contributed by atoms with Crippen molar-refractivity contribution in [3.05, 3.63) is 116 Å². The van der Waals surface area contributed by atoms with E-state index in [-0.39, 0.29) is 22.7 Å². The molecule has 2 saturated carbocycles. The molecule has 158 valence electrons. The van der Waals surface area contributed by atoms with Crippen molar-refractivity contribution in [3.8, 4) is 0 Å². The summed E-state index contributed by atoms with van der Waals surface area (Å²) >= 11 is 0. The Labute approximate surface area is 183 Å². The molecule has 0 N–H and O–H groups in total. The van der Waals surface area contributed by atoms with Crippen LogP contribution in [-0.2, 0) is 0 Å². The van der Waals surface area contributed by atoms with Gasteiger partial charge in [-0.2, -0.15) is 0 Å². The molecule has 32 heavy (non-hydrogen) atoms. The van der Waals surface area contributed by atoms with Crippen molar-refractivity contribution in [1.82, 2.24) is 0 Å². The zero-order valence-electron chi connectivity index (χ0n) is 17.2. The van der Waals surface area contributed by atoms with E-state index in [9.17, 15) is 20.2 Å². The van der Waals surface area contributed by atoms with Gasteiger partial charge in [-0.15, -0.1) is 0 Å². The lowest BCUT2D eigenvalue weighted by Gasteiger charge is -2.17. The highest BCUT2D eigenvalue weighted by molar-refractivity contribution is 5.88. The minimum Gasteiger partial charge on any atom is -0.264 e. The molecule has 2 fully saturated rings. The summed E-state index contributed by atoms with van der Waals surface area (Å²) in [5.74, 6) is -0.956. The minimum absolute atomic E-state index is 0.191. The van der Waals surface area contributed by atoms with E-state index >= 15 is 0 Å². The largest absolute Gasteiger partial charge is 0.299 e. The summed E-state index contributed by atoms with van der Waals surface area (Å²) in [5.41, 5.74) is -1.51. The van der Waals surface area contributed by atoms with Crippen LogP contribution in [0, 0.1) is 20.2 Å². The number of hydrogen-bond acceptors (Lipinski definition) is 4. The van der Waals surface area contributed by atoms with E-state index in [1.54, 1.807) is 0 Å². The maximum atomic E-state index is 12.5. The molecule has 0 unspecified atom stereocenters. The van der Waals surface area contributed by atoms with Gasteiger partial charge in [-0.05, 0) is 32.7 Å². The predicted molar refractivity (Wildman–Crippen MR) is 122 cm³/mol. The molecule has 4 aromatic rings. The van der Waals surface area contributed by atoms with Crippen LogP contribution in [0.3, 0.4) is 0 Å². The molecule has 0 radical (unpaired) electrons. The van der Waals surface area contributed by atoms with Gasteiger partial charge in [-0.25, -0.2) is 0 Å². The third-order valence-corrected chi connectivity index (χ3v) is 7.66. The quantitative estimate of drug-likeness (QED) is 0.304. The third-order valence-electron chi connectivity index (χ3n) is 7.66. The van der Waals surface area contributed by atoms with Crippen molar-refractivity contribution in [3.63, 3.8) is 0 Å². The fourth-order valence-electron chi connectivity index (χ4n) is 6.02. The van der Waals surface area contributed by atoms with Gasteiger partial charge in [0, 0.05) is 22.7 Å². The number of hydrogen-bond donors (Lipinski definition) is 0. The van der Waals surface area contributed by atoms with Gasteiger partial charge in [0.15, 0.2) is 0 Å². The van der Waals surface area contributed by atoms with E-state index < -0.39 is 22.9 Å². The zero-order chi connectivity index (χ0) is 22.1. The average Bonchev–Trinajstić information content (AvgIpc) is 3.71. The van der Waals surface area contributed by atoms with Gasteiger partial charge in [0.25, 0.3) is 11.1 Å². The summed E-state index contributed by atoms with van der Waals surface area (Å²) in [6.07, 6.45) is 0.381. The van der Waals surface area contributed by atoms with Crippen LogP contribution in [0.5, 0.6) is 0 Å².